The van der Waals surface area contributed by atoms with Gasteiger partial charge in [-0.3, -0.25) is 4.79 Å². The van der Waals surface area contributed by atoms with E-state index < -0.39 is 17.8 Å². The van der Waals surface area contributed by atoms with Crippen LogP contribution in [0.5, 0.6) is 6.01 Å². The second kappa shape index (κ2) is 12.0. The van der Waals surface area contributed by atoms with Crippen molar-refractivity contribution in [3.05, 3.63) is 76.5 Å². The molecule has 3 atom stereocenters. The zero-order valence-corrected chi connectivity index (χ0v) is 27.1. The highest BCUT2D eigenvalue weighted by molar-refractivity contribution is 6.36. The van der Waals surface area contributed by atoms with Gasteiger partial charge in [0.15, 0.2) is 5.83 Å². The third kappa shape index (κ3) is 5.64. The highest BCUT2D eigenvalue weighted by Crippen LogP contribution is 2.59. The maximum atomic E-state index is 13.9. The minimum Gasteiger partial charge on any atom is -0.458 e. The van der Waals surface area contributed by atoms with Crippen LogP contribution < -0.4 is 14.5 Å². The molecule has 4 aliphatic rings. The number of likely N-dealkylation sites (N-methyl/N-ethyl adjacent to an activating group) is 1. The van der Waals surface area contributed by atoms with E-state index in [0.29, 0.717) is 42.5 Å². The first-order valence-electron chi connectivity index (χ1n) is 16.0. The molecule has 9 nitrogen and oxygen atoms in total. The highest BCUT2D eigenvalue weighted by Gasteiger charge is 2.54. The largest absolute Gasteiger partial charge is 0.458 e. The average Bonchev–Trinajstić information content (AvgIpc) is 3.70. The van der Waals surface area contributed by atoms with E-state index in [-0.39, 0.29) is 25.2 Å². The van der Waals surface area contributed by atoms with Gasteiger partial charge in [-0.05, 0) is 69.1 Å². The number of amides is 1. The Bertz CT molecular complexity index is 1730. The zero-order valence-electron chi connectivity index (χ0n) is 26.4. The van der Waals surface area contributed by atoms with E-state index in [2.05, 4.69) is 64.5 Å². The number of carbonyl (C=O) groups is 1. The molecule has 1 amide bonds. The molecule has 1 spiro atoms. The van der Waals surface area contributed by atoms with Gasteiger partial charge in [0.05, 0.1) is 17.3 Å². The zero-order chi connectivity index (χ0) is 32.2. The van der Waals surface area contributed by atoms with Gasteiger partial charge < -0.3 is 29.2 Å². The lowest BCUT2D eigenvalue weighted by molar-refractivity contribution is -0.131. The molecule has 7 rings (SSSR count). The normalized spacial score (nSPS) is 23.5. The Morgan fingerprint density at radius 1 is 1.15 bits per heavy atom. The monoisotopic (exact) mass is 643 g/mol. The molecule has 2 aliphatic heterocycles. The van der Waals surface area contributed by atoms with Crippen molar-refractivity contribution in [2.75, 3.05) is 56.6 Å². The minimum absolute atomic E-state index is 0.0140. The van der Waals surface area contributed by atoms with E-state index in [1.54, 1.807) is 0 Å². The number of halogens is 2. The standard InChI is InChI=1S/C35H39ClFN7O2/c1-22(37)33(45)44-16-15-43(20-24(44)19-38-2)32-25-11-14-42(28-10-6-8-23-7-5-9-26(36)31(23)28)21-27(25)39-34(40-32)46-30-18-35(12-13-35)17-29(30)41(3)4/h5-10,24,29-30H,1,11-21H2,3-4H3/t24-,29+,30+/m0/s1. The summed E-state index contributed by atoms with van der Waals surface area (Å²) < 4.78 is 20.6. The number of aromatic nitrogens is 2. The molecular weight excluding hydrogens is 605 g/mol. The van der Waals surface area contributed by atoms with Crippen LogP contribution in [0.3, 0.4) is 0 Å². The summed E-state index contributed by atoms with van der Waals surface area (Å²) in [6.07, 6.45) is 5.28. The molecule has 3 aromatic rings. The fourth-order valence-electron chi connectivity index (χ4n) is 7.76. The van der Waals surface area contributed by atoms with E-state index in [1.807, 2.05) is 12.1 Å². The number of carbonyl (C=O) groups excluding carboxylic acids is 1. The fourth-order valence-corrected chi connectivity index (χ4v) is 8.04. The molecule has 2 saturated carbocycles. The van der Waals surface area contributed by atoms with E-state index in [1.165, 1.54) is 17.7 Å². The number of nitrogens with zero attached hydrogens (tertiary/aromatic N) is 7. The maximum Gasteiger partial charge on any atom is 0.319 e. The molecule has 0 bridgehead atoms. The Morgan fingerprint density at radius 2 is 1.93 bits per heavy atom. The third-order valence-electron chi connectivity index (χ3n) is 10.4. The summed E-state index contributed by atoms with van der Waals surface area (Å²) in [7, 11) is 4.22. The molecule has 240 valence electrons. The molecule has 3 heterocycles. The van der Waals surface area contributed by atoms with Crippen LogP contribution in [0.2, 0.25) is 5.02 Å². The molecule has 2 aliphatic carbocycles. The number of hydrogen-bond acceptors (Lipinski definition) is 7. The van der Waals surface area contributed by atoms with Gasteiger partial charge in [0.2, 0.25) is 6.54 Å². The molecule has 46 heavy (non-hydrogen) atoms. The predicted molar refractivity (Wildman–Crippen MR) is 178 cm³/mol. The number of rotatable bonds is 7. The van der Waals surface area contributed by atoms with Gasteiger partial charge in [-0.1, -0.05) is 42.4 Å². The quantitative estimate of drug-likeness (QED) is 0.248. The van der Waals surface area contributed by atoms with Gasteiger partial charge in [-0.25, -0.2) is 11.0 Å². The van der Waals surface area contributed by atoms with Crippen molar-refractivity contribution in [1.82, 2.24) is 19.8 Å². The second-order valence-electron chi connectivity index (χ2n) is 13.5. The second-order valence-corrected chi connectivity index (χ2v) is 13.9. The molecular formula is C35H39ClFN7O2. The lowest BCUT2D eigenvalue weighted by Crippen LogP contribution is -2.57. The molecule has 3 fully saturated rings. The number of ether oxygens (including phenoxy) is 1. The van der Waals surface area contributed by atoms with Crippen LogP contribution in [-0.2, 0) is 17.8 Å². The SMILES string of the molecule is [C-]#[N+]C[C@H]1CN(c2nc(O[C@@H]3CC4(CC4)C[C@H]3N(C)C)nc3c2CCN(c2cccc4cccc(Cl)c24)C3)CCN1C(=O)C(=C)F. The van der Waals surface area contributed by atoms with Crippen molar-refractivity contribution in [3.8, 4) is 6.01 Å². The van der Waals surface area contributed by atoms with Crippen LogP contribution in [0.25, 0.3) is 15.6 Å². The average molecular weight is 644 g/mol. The first kappa shape index (κ1) is 30.7. The predicted octanol–water partition coefficient (Wildman–Crippen LogP) is 5.52. The molecule has 11 heteroatoms. The van der Waals surface area contributed by atoms with Crippen LogP contribution >= 0.6 is 11.6 Å². The summed E-state index contributed by atoms with van der Waals surface area (Å²) in [6.45, 7) is 13.2. The molecule has 0 N–H and O–H groups in total. The minimum atomic E-state index is -1.01. The summed E-state index contributed by atoms with van der Waals surface area (Å²) in [5.74, 6) is -0.985. The Hall–Kier alpha value is -3.94. The van der Waals surface area contributed by atoms with E-state index in [9.17, 15) is 9.18 Å². The molecule has 1 aromatic heterocycles. The van der Waals surface area contributed by atoms with Crippen molar-refractivity contribution < 1.29 is 13.9 Å². The summed E-state index contributed by atoms with van der Waals surface area (Å²) in [5.41, 5.74) is 3.37. The van der Waals surface area contributed by atoms with Crippen molar-refractivity contribution in [2.24, 2.45) is 5.41 Å². The van der Waals surface area contributed by atoms with Gasteiger partial charge in [-0.15, -0.1) is 0 Å². The molecule has 0 unspecified atom stereocenters. The van der Waals surface area contributed by atoms with Gasteiger partial charge in [0.1, 0.15) is 18.0 Å². The summed E-state index contributed by atoms with van der Waals surface area (Å²) in [6, 6.07) is 12.4. The van der Waals surface area contributed by atoms with Gasteiger partial charge >= 0.3 is 6.01 Å². The third-order valence-corrected chi connectivity index (χ3v) is 10.7. The fraction of sp³-hybridized carbons (Fsp3) is 0.486. The van der Waals surface area contributed by atoms with Crippen molar-refractivity contribution >= 4 is 39.8 Å². The Balaban J connectivity index is 1.25. The van der Waals surface area contributed by atoms with Gasteiger partial charge in [0.25, 0.3) is 5.91 Å². The number of benzene rings is 2. The van der Waals surface area contributed by atoms with Gasteiger partial charge in [0, 0.05) is 48.9 Å². The van der Waals surface area contributed by atoms with Crippen LogP contribution in [0.1, 0.15) is 36.9 Å². The topological polar surface area (TPSA) is 69.4 Å². The molecule has 1 saturated heterocycles. The Kier molecular flexibility index (Phi) is 8.02. The molecule has 2 aromatic carbocycles. The summed E-state index contributed by atoms with van der Waals surface area (Å²) in [4.78, 5) is 34.4. The maximum absolute atomic E-state index is 13.9. The van der Waals surface area contributed by atoms with Crippen LogP contribution in [0.4, 0.5) is 15.9 Å². The van der Waals surface area contributed by atoms with Crippen LogP contribution in [0.15, 0.2) is 48.8 Å². The van der Waals surface area contributed by atoms with Crippen molar-refractivity contribution in [2.45, 2.75) is 56.8 Å². The summed E-state index contributed by atoms with van der Waals surface area (Å²) >= 11 is 6.73. The lowest BCUT2D eigenvalue weighted by atomic mass is 10.0. The highest BCUT2D eigenvalue weighted by atomic mass is 35.5. The Labute approximate surface area is 274 Å². The number of piperazine rings is 1. The van der Waals surface area contributed by atoms with E-state index >= 15 is 0 Å². The van der Waals surface area contributed by atoms with Crippen molar-refractivity contribution in [3.63, 3.8) is 0 Å². The number of anilines is 2. The van der Waals surface area contributed by atoms with Crippen LogP contribution in [0, 0.1) is 12.0 Å². The molecule has 0 radical (unpaired) electrons. The van der Waals surface area contributed by atoms with Crippen molar-refractivity contribution in [1.29, 1.82) is 0 Å². The number of hydrogen-bond donors (Lipinski definition) is 0. The van der Waals surface area contributed by atoms with E-state index in [0.717, 1.165) is 52.9 Å². The van der Waals surface area contributed by atoms with Gasteiger partial charge in [-0.2, -0.15) is 9.97 Å². The summed E-state index contributed by atoms with van der Waals surface area (Å²) in [5, 5.41) is 2.82. The van der Waals surface area contributed by atoms with E-state index in [4.69, 9.17) is 32.9 Å². The Morgan fingerprint density at radius 3 is 2.65 bits per heavy atom. The lowest BCUT2D eigenvalue weighted by Gasteiger charge is -2.41. The first-order chi connectivity index (χ1) is 22.2. The smallest absolute Gasteiger partial charge is 0.319 e. The number of fused-ring (bicyclic) bond motifs is 2. The first-order valence-corrected chi connectivity index (χ1v) is 16.4. The van der Waals surface area contributed by atoms with Crippen LogP contribution in [-0.4, -0.2) is 90.7 Å².